The maximum Gasteiger partial charge on any atom is 0.328 e. The second-order valence-electron chi connectivity index (χ2n) is 6.07. The van der Waals surface area contributed by atoms with Crippen molar-refractivity contribution >= 4 is 17.9 Å². The minimum atomic E-state index is -0.959. The van der Waals surface area contributed by atoms with Crippen LogP contribution >= 0.6 is 0 Å². The van der Waals surface area contributed by atoms with Gasteiger partial charge in [0.2, 0.25) is 0 Å². The molecule has 0 radical (unpaired) electrons. The SMILES string of the molecule is O=C(O)/C=C/c1cccc(-c2cncc(NC3CCCCC3)n2)c1. The number of benzene rings is 1. The fourth-order valence-corrected chi connectivity index (χ4v) is 3.00. The minimum absolute atomic E-state index is 0.480. The summed E-state index contributed by atoms with van der Waals surface area (Å²) in [4.78, 5) is 19.6. The van der Waals surface area contributed by atoms with Crippen molar-refractivity contribution in [3.05, 3.63) is 48.3 Å². The summed E-state index contributed by atoms with van der Waals surface area (Å²) in [7, 11) is 0. The van der Waals surface area contributed by atoms with Gasteiger partial charge in [-0.05, 0) is 30.5 Å². The highest BCUT2D eigenvalue weighted by Crippen LogP contribution is 2.23. The first kappa shape index (κ1) is 16.2. The molecule has 1 fully saturated rings. The van der Waals surface area contributed by atoms with Gasteiger partial charge in [-0.2, -0.15) is 0 Å². The summed E-state index contributed by atoms with van der Waals surface area (Å²) >= 11 is 0. The predicted molar refractivity (Wildman–Crippen MR) is 94.6 cm³/mol. The number of aliphatic carboxylic acids is 1. The first-order valence-corrected chi connectivity index (χ1v) is 8.31. The molecule has 2 aromatic rings. The summed E-state index contributed by atoms with van der Waals surface area (Å²) < 4.78 is 0. The molecule has 1 aliphatic rings. The van der Waals surface area contributed by atoms with Crippen LogP contribution in [0, 0.1) is 0 Å². The predicted octanol–water partition coefficient (Wildman–Crippen LogP) is 3.99. The first-order chi connectivity index (χ1) is 11.7. The Morgan fingerprint density at radius 3 is 2.83 bits per heavy atom. The largest absolute Gasteiger partial charge is 0.478 e. The van der Waals surface area contributed by atoms with Crippen LogP contribution in [0.5, 0.6) is 0 Å². The van der Waals surface area contributed by atoms with Crippen LogP contribution in [-0.2, 0) is 4.79 Å². The van der Waals surface area contributed by atoms with Gasteiger partial charge in [-0.25, -0.2) is 9.78 Å². The maximum atomic E-state index is 10.6. The summed E-state index contributed by atoms with van der Waals surface area (Å²) in [5, 5.41) is 12.2. The van der Waals surface area contributed by atoms with Crippen LogP contribution in [0.2, 0.25) is 0 Å². The number of rotatable bonds is 5. The first-order valence-electron chi connectivity index (χ1n) is 8.31. The van der Waals surface area contributed by atoms with E-state index in [1.807, 2.05) is 24.3 Å². The second-order valence-corrected chi connectivity index (χ2v) is 6.07. The average molecular weight is 323 g/mol. The van der Waals surface area contributed by atoms with Crippen molar-refractivity contribution < 1.29 is 9.90 Å². The Morgan fingerprint density at radius 1 is 1.21 bits per heavy atom. The van der Waals surface area contributed by atoms with Crippen molar-refractivity contribution in [3.8, 4) is 11.3 Å². The molecule has 5 nitrogen and oxygen atoms in total. The molecule has 0 aliphatic heterocycles. The maximum absolute atomic E-state index is 10.6. The third kappa shape index (κ3) is 4.41. The van der Waals surface area contributed by atoms with Crippen LogP contribution in [0.4, 0.5) is 5.82 Å². The van der Waals surface area contributed by atoms with Gasteiger partial charge in [0.1, 0.15) is 5.82 Å². The van der Waals surface area contributed by atoms with Gasteiger partial charge in [-0.3, -0.25) is 4.98 Å². The number of carboxylic acid groups (broad SMARTS) is 1. The van der Waals surface area contributed by atoms with E-state index in [0.29, 0.717) is 6.04 Å². The summed E-state index contributed by atoms with van der Waals surface area (Å²) in [5.74, 6) is -0.162. The van der Waals surface area contributed by atoms with E-state index in [0.717, 1.165) is 28.7 Å². The van der Waals surface area contributed by atoms with Gasteiger partial charge in [0, 0.05) is 17.7 Å². The van der Waals surface area contributed by atoms with E-state index in [1.165, 1.54) is 32.1 Å². The van der Waals surface area contributed by atoms with Crippen LogP contribution in [-0.4, -0.2) is 27.1 Å². The highest BCUT2D eigenvalue weighted by atomic mass is 16.4. The zero-order valence-corrected chi connectivity index (χ0v) is 13.5. The van der Waals surface area contributed by atoms with Crippen LogP contribution in [0.3, 0.4) is 0 Å². The number of anilines is 1. The van der Waals surface area contributed by atoms with Crippen molar-refractivity contribution in [3.63, 3.8) is 0 Å². The van der Waals surface area contributed by atoms with Crippen LogP contribution in [0.15, 0.2) is 42.7 Å². The molecular weight excluding hydrogens is 302 g/mol. The van der Waals surface area contributed by atoms with E-state index in [9.17, 15) is 4.79 Å². The van der Waals surface area contributed by atoms with Crippen molar-refractivity contribution in [1.29, 1.82) is 0 Å². The summed E-state index contributed by atoms with van der Waals surface area (Å²) in [5.41, 5.74) is 2.52. The zero-order chi connectivity index (χ0) is 16.8. The van der Waals surface area contributed by atoms with Crippen molar-refractivity contribution in [2.24, 2.45) is 0 Å². The third-order valence-electron chi connectivity index (χ3n) is 4.19. The van der Waals surface area contributed by atoms with Crippen molar-refractivity contribution in [1.82, 2.24) is 9.97 Å². The lowest BCUT2D eigenvalue weighted by Gasteiger charge is -2.23. The fraction of sp³-hybridized carbons (Fsp3) is 0.316. The van der Waals surface area contributed by atoms with Crippen LogP contribution in [0.25, 0.3) is 17.3 Å². The standard InChI is InChI=1S/C19H21N3O2/c23-19(24)10-9-14-5-4-6-15(11-14)17-12-20-13-18(22-17)21-16-7-2-1-3-8-16/h4-6,9-13,16H,1-3,7-8H2,(H,21,22)(H,23,24)/b10-9+. The van der Waals surface area contributed by atoms with Crippen LogP contribution < -0.4 is 5.32 Å². The van der Waals surface area contributed by atoms with E-state index in [4.69, 9.17) is 5.11 Å². The second kappa shape index (κ2) is 7.73. The molecule has 1 aliphatic carbocycles. The molecule has 3 rings (SSSR count). The van der Waals surface area contributed by atoms with Gasteiger partial charge in [-0.15, -0.1) is 0 Å². The molecule has 0 unspecified atom stereocenters. The lowest BCUT2D eigenvalue weighted by Crippen LogP contribution is -2.22. The average Bonchev–Trinajstić information content (AvgIpc) is 2.61. The number of hydrogen-bond acceptors (Lipinski definition) is 4. The third-order valence-corrected chi connectivity index (χ3v) is 4.19. The molecule has 0 amide bonds. The van der Waals surface area contributed by atoms with Gasteiger partial charge >= 0.3 is 5.97 Å². The van der Waals surface area contributed by atoms with Gasteiger partial charge < -0.3 is 10.4 Å². The zero-order valence-electron chi connectivity index (χ0n) is 13.5. The Bertz CT molecular complexity index is 737. The fourth-order valence-electron chi connectivity index (χ4n) is 3.00. The lowest BCUT2D eigenvalue weighted by molar-refractivity contribution is -0.131. The normalized spacial score (nSPS) is 15.5. The van der Waals surface area contributed by atoms with E-state index in [2.05, 4.69) is 15.3 Å². The number of carbonyl (C=O) groups is 1. The Labute approximate surface area is 141 Å². The monoisotopic (exact) mass is 323 g/mol. The van der Waals surface area contributed by atoms with E-state index in [1.54, 1.807) is 18.5 Å². The highest BCUT2D eigenvalue weighted by Gasteiger charge is 2.14. The Kier molecular flexibility index (Phi) is 5.21. The van der Waals surface area contributed by atoms with Crippen molar-refractivity contribution in [2.45, 2.75) is 38.1 Å². The summed E-state index contributed by atoms with van der Waals surface area (Å²) in [6.07, 6.45) is 12.4. The molecule has 1 aromatic carbocycles. The number of hydrogen-bond donors (Lipinski definition) is 2. The van der Waals surface area contributed by atoms with E-state index >= 15 is 0 Å². The van der Waals surface area contributed by atoms with Crippen molar-refractivity contribution in [2.75, 3.05) is 5.32 Å². The molecular formula is C19H21N3O2. The molecule has 124 valence electrons. The molecule has 5 heteroatoms. The summed E-state index contributed by atoms with van der Waals surface area (Å²) in [6, 6.07) is 8.09. The van der Waals surface area contributed by atoms with Gasteiger partial charge in [0.15, 0.2) is 0 Å². The Balaban J connectivity index is 1.78. The lowest BCUT2D eigenvalue weighted by atomic mass is 9.95. The van der Waals surface area contributed by atoms with Gasteiger partial charge in [0.05, 0.1) is 18.1 Å². The van der Waals surface area contributed by atoms with E-state index in [-0.39, 0.29) is 0 Å². The number of carboxylic acids is 1. The molecule has 0 saturated heterocycles. The number of nitrogens with one attached hydrogen (secondary N) is 1. The highest BCUT2D eigenvalue weighted by molar-refractivity contribution is 5.85. The molecule has 1 saturated carbocycles. The van der Waals surface area contributed by atoms with E-state index < -0.39 is 5.97 Å². The molecule has 24 heavy (non-hydrogen) atoms. The number of aromatic nitrogens is 2. The molecule has 0 bridgehead atoms. The number of nitrogens with zero attached hydrogens (tertiary/aromatic N) is 2. The summed E-state index contributed by atoms with van der Waals surface area (Å²) in [6.45, 7) is 0. The molecule has 0 atom stereocenters. The van der Waals surface area contributed by atoms with Crippen LogP contribution in [0.1, 0.15) is 37.7 Å². The topological polar surface area (TPSA) is 75.1 Å². The smallest absolute Gasteiger partial charge is 0.328 e. The molecule has 0 spiro atoms. The molecule has 1 heterocycles. The minimum Gasteiger partial charge on any atom is -0.478 e. The Hall–Kier alpha value is -2.69. The quantitative estimate of drug-likeness (QED) is 0.814. The Morgan fingerprint density at radius 2 is 2.04 bits per heavy atom. The molecule has 2 N–H and O–H groups in total. The molecule has 1 aromatic heterocycles. The van der Waals surface area contributed by atoms with Gasteiger partial charge in [-0.1, -0.05) is 37.5 Å². The van der Waals surface area contributed by atoms with Gasteiger partial charge in [0.25, 0.3) is 0 Å².